The first kappa shape index (κ1) is 11.6. The van der Waals surface area contributed by atoms with Gasteiger partial charge in [0.1, 0.15) is 5.82 Å². The number of hydrogen-bond donors (Lipinski definition) is 1. The Morgan fingerprint density at radius 3 is 3.06 bits per heavy atom. The molecule has 0 aliphatic carbocycles. The summed E-state index contributed by atoms with van der Waals surface area (Å²) in [5.41, 5.74) is 1.68. The summed E-state index contributed by atoms with van der Waals surface area (Å²) in [6, 6.07) is 5.35. The molecule has 88 valence electrons. The molecule has 2 nitrogen and oxygen atoms in total. The maximum Gasteiger partial charge on any atom is 0.127 e. The van der Waals surface area contributed by atoms with Gasteiger partial charge < -0.3 is 10.1 Å². The summed E-state index contributed by atoms with van der Waals surface area (Å²) in [5.74, 6) is -0.125. The molecule has 3 heteroatoms. The van der Waals surface area contributed by atoms with Crippen LogP contribution < -0.4 is 5.32 Å². The van der Waals surface area contributed by atoms with Crippen LogP contribution in [0.2, 0.25) is 0 Å². The van der Waals surface area contributed by atoms with E-state index in [9.17, 15) is 4.39 Å². The molecule has 1 fully saturated rings. The second-order valence-electron chi connectivity index (χ2n) is 4.36. The number of halogens is 1. The predicted octanol–water partition coefficient (Wildman–Crippen LogP) is 2.40. The van der Waals surface area contributed by atoms with E-state index in [-0.39, 0.29) is 5.82 Å². The van der Waals surface area contributed by atoms with E-state index in [2.05, 4.69) is 5.32 Å². The van der Waals surface area contributed by atoms with Gasteiger partial charge in [0.25, 0.3) is 0 Å². The normalized spacial score (nSPS) is 20.2. The summed E-state index contributed by atoms with van der Waals surface area (Å²) in [5, 5.41) is 3.24. The summed E-state index contributed by atoms with van der Waals surface area (Å²) in [7, 11) is 0. The van der Waals surface area contributed by atoms with Gasteiger partial charge in [-0.2, -0.15) is 0 Å². The van der Waals surface area contributed by atoms with E-state index in [1.165, 1.54) is 0 Å². The van der Waals surface area contributed by atoms with Crippen molar-refractivity contribution in [1.82, 2.24) is 5.32 Å². The van der Waals surface area contributed by atoms with Crippen LogP contribution in [0.4, 0.5) is 4.39 Å². The summed E-state index contributed by atoms with van der Waals surface area (Å²) >= 11 is 0. The Balaban J connectivity index is 1.80. The largest absolute Gasteiger partial charge is 0.377 e. The van der Waals surface area contributed by atoms with Gasteiger partial charge in [-0.15, -0.1) is 0 Å². The summed E-state index contributed by atoms with van der Waals surface area (Å²) < 4.78 is 19.0. The van der Waals surface area contributed by atoms with Gasteiger partial charge in [-0.1, -0.05) is 12.1 Å². The SMILES string of the molecule is Cc1ccc(CNCC2CCCO2)c(F)c1. The average Bonchev–Trinajstić information content (AvgIpc) is 2.74. The molecule has 1 atom stereocenters. The Hall–Kier alpha value is -0.930. The van der Waals surface area contributed by atoms with Crippen molar-refractivity contribution in [2.75, 3.05) is 13.2 Å². The molecule has 1 heterocycles. The van der Waals surface area contributed by atoms with Crippen molar-refractivity contribution >= 4 is 0 Å². The van der Waals surface area contributed by atoms with Crippen molar-refractivity contribution in [3.8, 4) is 0 Å². The van der Waals surface area contributed by atoms with Gasteiger partial charge in [0.2, 0.25) is 0 Å². The molecule has 1 unspecified atom stereocenters. The first-order valence-electron chi connectivity index (χ1n) is 5.83. The maximum absolute atomic E-state index is 13.5. The minimum absolute atomic E-state index is 0.125. The predicted molar refractivity (Wildman–Crippen MR) is 61.8 cm³/mol. The second kappa shape index (κ2) is 5.41. The standard InChI is InChI=1S/C13H18FNO/c1-10-4-5-11(13(14)7-10)8-15-9-12-3-2-6-16-12/h4-5,7,12,15H,2-3,6,8-9H2,1H3. The molecule has 1 aliphatic rings. The Morgan fingerprint density at radius 1 is 1.50 bits per heavy atom. The third-order valence-corrected chi connectivity index (χ3v) is 2.92. The number of nitrogens with one attached hydrogen (secondary N) is 1. The Kier molecular flexibility index (Phi) is 3.91. The monoisotopic (exact) mass is 223 g/mol. The zero-order chi connectivity index (χ0) is 11.4. The summed E-state index contributed by atoms with van der Waals surface area (Å²) in [4.78, 5) is 0. The first-order chi connectivity index (χ1) is 7.75. The third kappa shape index (κ3) is 3.03. The van der Waals surface area contributed by atoms with Crippen LogP contribution in [-0.4, -0.2) is 19.3 Å². The zero-order valence-corrected chi connectivity index (χ0v) is 9.63. The highest BCUT2D eigenvalue weighted by Gasteiger charge is 2.14. The fourth-order valence-electron chi connectivity index (χ4n) is 1.97. The van der Waals surface area contributed by atoms with Gasteiger partial charge in [0, 0.05) is 25.3 Å². The van der Waals surface area contributed by atoms with Crippen molar-refractivity contribution in [2.24, 2.45) is 0 Å². The van der Waals surface area contributed by atoms with Crippen LogP contribution in [0, 0.1) is 12.7 Å². The lowest BCUT2D eigenvalue weighted by molar-refractivity contribution is 0.110. The average molecular weight is 223 g/mol. The molecule has 0 radical (unpaired) electrons. The minimum atomic E-state index is -0.125. The van der Waals surface area contributed by atoms with Crippen molar-refractivity contribution in [1.29, 1.82) is 0 Å². The summed E-state index contributed by atoms with van der Waals surface area (Å²) in [6.07, 6.45) is 2.57. The minimum Gasteiger partial charge on any atom is -0.377 e. The van der Waals surface area contributed by atoms with Gasteiger partial charge in [-0.3, -0.25) is 0 Å². The fourth-order valence-corrected chi connectivity index (χ4v) is 1.97. The highest BCUT2D eigenvalue weighted by atomic mass is 19.1. The molecule has 2 rings (SSSR count). The van der Waals surface area contributed by atoms with Gasteiger partial charge in [-0.05, 0) is 31.4 Å². The molecule has 1 aromatic carbocycles. The molecule has 0 amide bonds. The van der Waals surface area contributed by atoms with Crippen molar-refractivity contribution in [2.45, 2.75) is 32.4 Å². The van der Waals surface area contributed by atoms with Crippen molar-refractivity contribution in [3.05, 3.63) is 35.1 Å². The van der Waals surface area contributed by atoms with Crippen LogP contribution in [0.5, 0.6) is 0 Å². The van der Waals surface area contributed by atoms with Crippen LogP contribution in [-0.2, 0) is 11.3 Å². The van der Waals surface area contributed by atoms with Gasteiger partial charge in [-0.25, -0.2) is 4.39 Å². The van der Waals surface area contributed by atoms with Gasteiger partial charge >= 0.3 is 0 Å². The zero-order valence-electron chi connectivity index (χ0n) is 9.63. The fraction of sp³-hybridized carbons (Fsp3) is 0.538. The number of hydrogen-bond acceptors (Lipinski definition) is 2. The van der Waals surface area contributed by atoms with Gasteiger partial charge in [0.15, 0.2) is 0 Å². The molecule has 0 bridgehead atoms. The quantitative estimate of drug-likeness (QED) is 0.846. The molecule has 16 heavy (non-hydrogen) atoms. The number of aryl methyl sites for hydroxylation is 1. The number of benzene rings is 1. The Morgan fingerprint density at radius 2 is 2.38 bits per heavy atom. The number of ether oxygens (including phenoxy) is 1. The van der Waals surface area contributed by atoms with E-state index < -0.39 is 0 Å². The first-order valence-corrected chi connectivity index (χ1v) is 5.83. The highest BCUT2D eigenvalue weighted by molar-refractivity contribution is 5.23. The maximum atomic E-state index is 13.5. The smallest absolute Gasteiger partial charge is 0.127 e. The van der Waals surface area contributed by atoms with Crippen LogP contribution in [0.15, 0.2) is 18.2 Å². The molecule has 1 N–H and O–H groups in total. The van der Waals surface area contributed by atoms with Crippen LogP contribution in [0.25, 0.3) is 0 Å². The lowest BCUT2D eigenvalue weighted by Crippen LogP contribution is -2.26. The van der Waals surface area contributed by atoms with E-state index in [0.717, 1.165) is 37.1 Å². The van der Waals surface area contributed by atoms with Crippen molar-refractivity contribution < 1.29 is 9.13 Å². The topological polar surface area (TPSA) is 21.3 Å². The molecular weight excluding hydrogens is 205 g/mol. The van der Waals surface area contributed by atoms with E-state index in [0.29, 0.717) is 12.6 Å². The van der Waals surface area contributed by atoms with Gasteiger partial charge in [0.05, 0.1) is 6.10 Å². The molecule has 0 spiro atoms. The molecule has 1 aliphatic heterocycles. The molecule has 1 aromatic rings. The van der Waals surface area contributed by atoms with Crippen LogP contribution in [0.3, 0.4) is 0 Å². The lowest BCUT2D eigenvalue weighted by Gasteiger charge is -2.11. The van der Waals surface area contributed by atoms with Crippen LogP contribution >= 0.6 is 0 Å². The van der Waals surface area contributed by atoms with E-state index in [4.69, 9.17) is 4.74 Å². The van der Waals surface area contributed by atoms with Crippen molar-refractivity contribution in [3.63, 3.8) is 0 Å². The van der Waals surface area contributed by atoms with E-state index in [1.807, 2.05) is 19.1 Å². The highest BCUT2D eigenvalue weighted by Crippen LogP contribution is 2.12. The second-order valence-corrected chi connectivity index (χ2v) is 4.36. The van der Waals surface area contributed by atoms with E-state index >= 15 is 0 Å². The molecule has 1 saturated heterocycles. The Bertz CT molecular complexity index is 348. The third-order valence-electron chi connectivity index (χ3n) is 2.92. The molecular formula is C13H18FNO. The summed E-state index contributed by atoms with van der Waals surface area (Å²) in [6.45, 7) is 4.15. The molecule has 0 aromatic heterocycles. The Labute approximate surface area is 95.8 Å². The number of rotatable bonds is 4. The van der Waals surface area contributed by atoms with Crippen LogP contribution in [0.1, 0.15) is 24.0 Å². The molecule has 0 saturated carbocycles. The van der Waals surface area contributed by atoms with E-state index in [1.54, 1.807) is 6.07 Å². The lowest BCUT2D eigenvalue weighted by atomic mass is 10.1.